The first-order valence-electron chi connectivity index (χ1n) is 6.82. The third-order valence-corrected chi connectivity index (χ3v) is 3.13. The quantitative estimate of drug-likeness (QED) is 0.570. The molecule has 0 bridgehead atoms. The van der Waals surface area contributed by atoms with E-state index in [9.17, 15) is 4.79 Å². The second kappa shape index (κ2) is 10.3. The Labute approximate surface area is 111 Å². The molecule has 5 nitrogen and oxygen atoms in total. The normalized spacial score (nSPS) is 14.7. The van der Waals surface area contributed by atoms with Gasteiger partial charge in [-0.15, -0.1) is 0 Å². The van der Waals surface area contributed by atoms with Gasteiger partial charge in [0.25, 0.3) is 0 Å². The number of hydrogen-bond acceptors (Lipinski definition) is 4. The van der Waals surface area contributed by atoms with Crippen molar-refractivity contribution in [3.8, 4) is 0 Å². The molecular formula is C13H29N3O2. The molecule has 0 aromatic heterocycles. The number of primary amides is 1. The number of nitrogens with two attached hydrogens (primary N) is 1. The van der Waals surface area contributed by atoms with E-state index in [4.69, 9.17) is 10.5 Å². The fraction of sp³-hybridized carbons (Fsp3) is 0.923. The smallest absolute Gasteiger partial charge is 0.234 e. The van der Waals surface area contributed by atoms with Gasteiger partial charge >= 0.3 is 0 Å². The zero-order chi connectivity index (χ0) is 14.0. The van der Waals surface area contributed by atoms with Crippen molar-refractivity contribution in [1.82, 2.24) is 10.2 Å². The predicted molar refractivity (Wildman–Crippen MR) is 74.5 cm³/mol. The van der Waals surface area contributed by atoms with E-state index in [-0.39, 0.29) is 11.9 Å². The van der Waals surface area contributed by atoms with Crippen LogP contribution in [-0.4, -0.2) is 56.2 Å². The Morgan fingerprint density at radius 1 is 1.44 bits per heavy atom. The van der Waals surface area contributed by atoms with Gasteiger partial charge in [0.1, 0.15) is 0 Å². The molecule has 0 aromatic carbocycles. The monoisotopic (exact) mass is 259 g/mol. The summed E-state index contributed by atoms with van der Waals surface area (Å²) in [6, 6.07) is 0.133. The highest BCUT2D eigenvalue weighted by Gasteiger charge is 2.17. The summed E-state index contributed by atoms with van der Waals surface area (Å²) in [5.41, 5.74) is 5.40. The Morgan fingerprint density at radius 2 is 2.11 bits per heavy atom. The molecule has 0 radical (unpaired) electrons. The SMILES string of the molecule is CCCNC(CCN(CC)C(C)COC)C(N)=O. The Hall–Kier alpha value is -0.650. The maximum Gasteiger partial charge on any atom is 0.234 e. The Bertz CT molecular complexity index is 224. The Kier molecular flexibility index (Phi) is 9.92. The molecular weight excluding hydrogens is 230 g/mol. The van der Waals surface area contributed by atoms with Gasteiger partial charge in [-0.3, -0.25) is 9.69 Å². The first-order valence-corrected chi connectivity index (χ1v) is 6.82. The van der Waals surface area contributed by atoms with Crippen LogP contribution in [0.3, 0.4) is 0 Å². The molecule has 0 spiro atoms. The van der Waals surface area contributed by atoms with E-state index in [1.54, 1.807) is 7.11 Å². The molecule has 0 saturated carbocycles. The summed E-state index contributed by atoms with van der Waals surface area (Å²) in [6.45, 7) is 9.65. The number of carbonyl (C=O) groups excluding carboxylic acids is 1. The number of carbonyl (C=O) groups is 1. The zero-order valence-corrected chi connectivity index (χ0v) is 12.2. The van der Waals surface area contributed by atoms with E-state index in [0.29, 0.717) is 12.6 Å². The Morgan fingerprint density at radius 3 is 2.56 bits per heavy atom. The molecule has 5 heteroatoms. The fourth-order valence-corrected chi connectivity index (χ4v) is 2.00. The summed E-state index contributed by atoms with van der Waals surface area (Å²) in [4.78, 5) is 13.6. The lowest BCUT2D eigenvalue weighted by molar-refractivity contribution is -0.120. The van der Waals surface area contributed by atoms with Gasteiger partial charge in [0.2, 0.25) is 5.91 Å². The number of amides is 1. The first-order chi connectivity index (χ1) is 8.56. The molecule has 0 aliphatic rings. The minimum Gasteiger partial charge on any atom is -0.383 e. The molecule has 3 N–H and O–H groups in total. The van der Waals surface area contributed by atoms with Crippen molar-refractivity contribution in [2.24, 2.45) is 5.73 Å². The van der Waals surface area contributed by atoms with Crippen molar-refractivity contribution in [3.63, 3.8) is 0 Å². The van der Waals surface area contributed by atoms with Crippen LogP contribution < -0.4 is 11.1 Å². The third-order valence-electron chi connectivity index (χ3n) is 3.13. The molecule has 0 aliphatic carbocycles. The van der Waals surface area contributed by atoms with Crippen LogP contribution in [0.5, 0.6) is 0 Å². The topological polar surface area (TPSA) is 67.6 Å². The largest absolute Gasteiger partial charge is 0.383 e. The van der Waals surface area contributed by atoms with Gasteiger partial charge in [-0.1, -0.05) is 13.8 Å². The van der Waals surface area contributed by atoms with Crippen molar-refractivity contribution in [2.75, 3.05) is 33.4 Å². The van der Waals surface area contributed by atoms with Crippen LogP contribution in [0.4, 0.5) is 0 Å². The summed E-state index contributed by atoms with van der Waals surface area (Å²) >= 11 is 0. The third kappa shape index (κ3) is 6.93. The highest BCUT2D eigenvalue weighted by Crippen LogP contribution is 2.03. The lowest BCUT2D eigenvalue weighted by Crippen LogP contribution is -2.45. The molecule has 2 unspecified atom stereocenters. The highest BCUT2D eigenvalue weighted by atomic mass is 16.5. The predicted octanol–water partition coefficient (Wildman–Crippen LogP) is 0.587. The fourth-order valence-electron chi connectivity index (χ4n) is 2.00. The molecule has 0 rings (SSSR count). The second-order valence-electron chi connectivity index (χ2n) is 4.63. The summed E-state index contributed by atoms with van der Waals surface area (Å²) in [7, 11) is 1.71. The van der Waals surface area contributed by atoms with Crippen molar-refractivity contribution in [1.29, 1.82) is 0 Å². The summed E-state index contributed by atoms with van der Waals surface area (Å²) < 4.78 is 5.16. The number of hydrogen-bond donors (Lipinski definition) is 2. The molecule has 0 fully saturated rings. The molecule has 1 amide bonds. The van der Waals surface area contributed by atoms with Crippen molar-refractivity contribution < 1.29 is 9.53 Å². The Balaban J connectivity index is 4.16. The lowest BCUT2D eigenvalue weighted by atomic mass is 10.1. The summed E-state index contributed by atoms with van der Waals surface area (Å²) in [5.74, 6) is -0.265. The van der Waals surface area contributed by atoms with Crippen LogP contribution >= 0.6 is 0 Å². The molecule has 0 aliphatic heterocycles. The number of methoxy groups -OCH3 is 1. The number of nitrogens with zero attached hydrogens (tertiary/aromatic N) is 1. The van der Waals surface area contributed by atoms with Gasteiger partial charge < -0.3 is 15.8 Å². The highest BCUT2D eigenvalue weighted by molar-refractivity contribution is 5.79. The van der Waals surface area contributed by atoms with E-state index in [1.165, 1.54) is 0 Å². The van der Waals surface area contributed by atoms with E-state index in [0.717, 1.165) is 32.5 Å². The van der Waals surface area contributed by atoms with Gasteiger partial charge in [-0.2, -0.15) is 0 Å². The maximum atomic E-state index is 11.3. The zero-order valence-electron chi connectivity index (χ0n) is 12.2. The molecule has 0 heterocycles. The molecule has 0 saturated heterocycles. The van der Waals surface area contributed by atoms with Gasteiger partial charge in [-0.25, -0.2) is 0 Å². The van der Waals surface area contributed by atoms with Crippen LogP contribution in [0, 0.1) is 0 Å². The average Bonchev–Trinajstić information content (AvgIpc) is 2.33. The molecule has 0 aromatic rings. The van der Waals surface area contributed by atoms with Crippen LogP contribution in [0.1, 0.15) is 33.6 Å². The minimum absolute atomic E-state index is 0.228. The molecule has 2 atom stereocenters. The van der Waals surface area contributed by atoms with Gasteiger partial charge in [-0.05, 0) is 32.9 Å². The lowest BCUT2D eigenvalue weighted by Gasteiger charge is -2.28. The summed E-state index contributed by atoms with van der Waals surface area (Å²) in [5, 5.41) is 3.19. The molecule has 18 heavy (non-hydrogen) atoms. The van der Waals surface area contributed by atoms with Crippen LogP contribution in [0.2, 0.25) is 0 Å². The number of nitrogens with one attached hydrogen (secondary N) is 1. The van der Waals surface area contributed by atoms with Gasteiger partial charge in [0.15, 0.2) is 0 Å². The minimum atomic E-state index is -0.265. The van der Waals surface area contributed by atoms with Crippen LogP contribution in [-0.2, 0) is 9.53 Å². The number of rotatable bonds is 11. The van der Waals surface area contributed by atoms with Crippen LogP contribution in [0.25, 0.3) is 0 Å². The van der Waals surface area contributed by atoms with Gasteiger partial charge in [0.05, 0.1) is 12.6 Å². The number of likely N-dealkylation sites (N-methyl/N-ethyl adjacent to an activating group) is 1. The van der Waals surface area contributed by atoms with Crippen LogP contribution in [0.15, 0.2) is 0 Å². The van der Waals surface area contributed by atoms with E-state index in [1.807, 2.05) is 0 Å². The first kappa shape index (κ1) is 17.4. The van der Waals surface area contributed by atoms with E-state index >= 15 is 0 Å². The summed E-state index contributed by atoms with van der Waals surface area (Å²) in [6.07, 6.45) is 1.75. The van der Waals surface area contributed by atoms with Crippen molar-refractivity contribution >= 4 is 5.91 Å². The van der Waals surface area contributed by atoms with Crippen molar-refractivity contribution in [2.45, 2.75) is 45.7 Å². The standard InChI is InChI=1S/C13H29N3O2/c1-5-8-15-12(13(14)17)7-9-16(6-2)11(3)10-18-4/h11-12,15H,5-10H2,1-4H3,(H2,14,17). The second-order valence-corrected chi connectivity index (χ2v) is 4.63. The van der Waals surface area contributed by atoms with Crippen molar-refractivity contribution in [3.05, 3.63) is 0 Å². The van der Waals surface area contributed by atoms with E-state index < -0.39 is 0 Å². The maximum absolute atomic E-state index is 11.3. The van der Waals surface area contributed by atoms with E-state index in [2.05, 4.69) is 31.0 Å². The average molecular weight is 259 g/mol. The van der Waals surface area contributed by atoms with Gasteiger partial charge in [0, 0.05) is 19.7 Å². The number of ether oxygens (including phenoxy) is 1. The molecule has 108 valence electrons.